The topological polar surface area (TPSA) is 36.9 Å². The second-order valence-electron chi connectivity index (χ2n) is 8.42. The largest absolute Gasteiger partial charge is 0.429 e. The molecule has 0 amide bonds. The van der Waals surface area contributed by atoms with Crippen molar-refractivity contribution in [2.24, 2.45) is 5.92 Å². The smallest absolute Gasteiger partial charge is 0.429 e. The van der Waals surface area contributed by atoms with E-state index in [2.05, 4.69) is 16.4 Å². The van der Waals surface area contributed by atoms with Crippen LogP contribution in [0.4, 0.5) is 35.1 Å². The molecule has 2 aromatic carbocycles. The molecule has 1 aliphatic rings. The van der Waals surface area contributed by atoms with Crippen LogP contribution in [0.25, 0.3) is 0 Å². The quantitative estimate of drug-likeness (QED) is 0.163. The Morgan fingerprint density at radius 2 is 1.57 bits per heavy atom. The van der Waals surface area contributed by atoms with Crippen molar-refractivity contribution >= 4 is 0 Å². The van der Waals surface area contributed by atoms with Crippen LogP contribution in [-0.2, 0) is 15.6 Å². The summed E-state index contributed by atoms with van der Waals surface area (Å²) in [7, 11) is 0. The number of benzene rings is 2. The van der Waals surface area contributed by atoms with Gasteiger partial charge in [-0.1, -0.05) is 38.7 Å². The summed E-state index contributed by atoms with van der Waals surface area (Å²) in [5.41, 5.74) is -1.11. The Hall–Kier alpha value is -2.86. The monoisotopic (exact) mass is 540 g/mol. The van der Waals surface area contributed by atoms with Gasteiger partial charge in [0.1, 0.15) is 11.6 Å². The second-order valence-corrected chi connectivity index (χ2v) is 8.42. The van der Waals surface area contributed by atoms with E-state index in [9.17, 15) is 35.1 Å². The van der Waals surface area contributed by atoms with Crippen LogP contribution < -0.4 is 9.47 Å². The zero-order valence-electron chi connectivity index (χ0n) is 19.6. The molecule has 0 N–H and O–H groups in total. The number of alkyl halides is 2. The van der Waals surface area contributed by atoms with E-state index < -0.39 is 59.0 Å². The van der Waals surface area contributed by atoms with Gasteiger partial charge in [0.2, 0.25) is 5.75 Å². The molecule has 0 aromatic heterocycles. The third kappa shape index (κ3) is 7.57. The van der Waals surface area contributed by atoms with E-state index in [1.54, 1.807) is 0 Å². The molecule has 4 nitrogen and oxygen atoms in total. The fourth-order valence-electron chi connectivity index (χ4n) is 3.70. The van der Waals surface area contributed by atoms with Crippen LogP contribution >= 0.6 is 0 Å². The van der Waals surface area contributed by atoms with Crippen molar-refractivity contribution in [3.63, 3.8) is 0 Å². The minimum Gasteiger partial charge on any atom is -0.429 e. The van der Waals surface area contributed by atoms with Gasteiger partial charge in [0.05, 0.1) is 18.8 Å². The van der Waals surface area contributed by atoms with Gasteiger partial charge in [0.25, 0.3) is 0 Å². The van der Waals surface area contributed by atoms with Gasteiger partial charge in [-0.25, -0.2) is 13.2 Å². The first kappa shape index (κ1) is 28.7. The highest BCUT2D eigenvalue weighted by Gasteiger charge is 2.39. The molecule has 12 heteroatoms. The number of hydrogen-bond acceptors (Lipinski definition) is 4. The molecular formula is C25H24F8O4. The number of unbranched alkanes of at least 4 members (excludes halogenated alkanes) is 3. The van der Waals surface area contributed by atoms with Crippen molar-refractivity contribution in [1.29, 1.82) is 0 Å². The Kier molecular flexibility index (Phi) is 9.77. The van der Waals surface area contributed by atoms with Gasteiger partial charge in [0, 0.05) is 23.6 Å². The molecule has 0 unspecified atom stereocenters. The van der Waals surface area contributed by atoms with E-state index in [0.29, 0.717) is 19.3 Å². The molecule has 1 aliphatic heterocycles. The van der Waals surface area contributed by atoms with E-state index in [1.165, 1.54) is 0 Å². The molecule has 1 heterocycles. The van der Waals surface area contributed by atoms with Crippen LogP contribution in [0.1, 0.15) is 56.4 Å². The Morgan fingerprint density at radius 3 is 2.14 bits per heavy atom. The average molecular weight is 540 g/mol. The van der Waals surface area contributed by atoms with Gasteiger partial charge in [-0.05, 0) is 18.6 Å². The van der Waals surface area contributed by atoms with E-state index >= 15 is 0 Å². The summed E-state index contributed by atoms with van der Waals surface area (Å²) in [5, 5.41) is 0. The van der Waals surface area contributed by atoms with Crippen LogP contribution in [0, 0.1) is 23.4 Å². The molecule has 37 heavy (non-hydrogen) atoms. The van der Waals surface area contributed by atoms with Crippen molar-refractivity contribution in [3.8, 4) is 11.5 Å². The Morgan fingerprint density at radius 1 is 0.919 bits per heavy atom. The maximum absolute atomic E-state index is 14.6. The molecule has 1 fully saturated rings. The van der Waals surface area contributed by atoms with Crippen LogP contribution in [0.5, 0.6) is 11.5 Å². The van der Waals surface area contributed by atoms with Crippen LogP contribution in [-0.4, -0.2) is 13.2 Å². The first-order chi connectivity index (χ1) is 17.5. The van der Waals surface area contributed by atoms with Gasteiger partial charge in [-0.15, -0.1) is 0 Å². The minimum absolute atomic E-state index is 0.143. The van der Waals surface area contributed by atoms with Crippen LogP contribution in [0.2, 0.25) is 0 Å². The van der Waals surface area contributed by atoms with Gasteiger partial charge < -0.3 is 18.9 Å². The Balaban J connectivity index is 1.66. The van der Waals surface area contributed by atoms with Gasteiger partial charge in [0.15, 0.2) is 17.9 Å². The van der Waals surface area contributed by atoms with Gasteiger partial charge >= 0.3 is 18.2 Å². The number of rotatable bonds is 11. The van der Waals surface area contributed by atoms with Gasteiger partial charge in [-0.3, -0.25) is 0 Å². The zero-order valence-corrected chi connectivity index (χ0v) is 19.6. The molecule has 0 spiro atoms. The molecule has 0 saturated carbocycles. The summed E-state index contributed by atoms with van der Waals surface area (Å²) >= 11 is 0. The lowest BCUT2D eigenvalue weighted by Crippen LogP contribution is -2.28. The first-order valence-corrected chi connectivity index (χ1v) is 11.5. The number of halogens is 8. The van der Waals surface area contributed by atoms with Crippen molar-refractivity contribution < 1.29 is 54.1 Å². The lowest BCUT2D eigenvalue weighted by atomic mass is 10.0. The maximum atomic E-state index is 14.6. The first-order valence-electron chi connectivity index (χ1n) is 11.5. The normalized spacial score (nSPS) is 18.0. The predicted molar refractivity (Wildman–Crippen MR) is 115 cm³/mol. The van der Waals surface area contributed by atoms with E-state index in [-0.39, 0.29) is 23.6 Å². The zero-order chi connectivity index (χ0) is 27.2. The molecular weight excluding hydrogens is 516 g/mol. The number of ether oxygens (including phenoxy) is 4. The third-order valence-electron chi connectivity index (χ3n) is 5.57. The Bertz CT molecular complexity index is 1070. The predicted octanol–water partition coefficient (Wildman–Crippen LogP) is 8.28. The van der Waals surface area contributed by atoms with Gasteiger partial charge in [-0.2, -0.15) is 22.0 Å². The summed E-state index contributed by atoms with van der Waals surface area (Å²) in [5.74, 6) is -7.59. The lowest BCUT2D eigenvalue weighted by Gasteiger charge is -2.30. The van der Waals surface area contributed by atoms with E-state index in [1.807, 2.05) is 0 Å². The summed E-state index contributed by atoms with van der Waals surface area (Å²) in [6.07, 6.45) is -3.05. The highest BCUT2D eigenvalue weighted by molar-refractivity contribution is 5.37. The number of hydrogen-bond donors (Lipinski definition) is 0. The molecule has 0 aliphatic carbocycles. The summed E-state index contributed by atoms with van der Waals surface area (Å²) in [4.78, 5) is 0. The molecule has 1 saturated heterocycles. The van der Waals surface area contributed by atoms with Crippen molar-refractivity contribution in [2.75, 3.05) is 13.2 Å². The highest BCUT2D eigenvalue weighted by atomic mass is 19.3. The SMILES string of the molecule is CCCCCCC1COC(c2ccc(C(F)(F)Oc3cc(F)c(OC(F)=C(F)F)c(F)c3)c(F)c2)OC1. The summed E-state index contributed by atoms with van der Waals surface area (Å²) in [6, 6.07) is 0.336. The van der Waals surface area contributed by atoms with Crippen molar-refractivity contribution in [2.45, 2.75) is 51.4 Å². The molecule has 0 atom stereocenters. The highest BCUT2D eigenvalue weighted by Crippen LogP contribution is 2.38. The van der Waals surface area contributed by atoms with Crippen molar-refractivity contribution in [1.82, 2.24) is 0 Å². The van der Waals surface area contributed by atoms with E-state index in [0.717, 1.165) is 44.2 Å². The second kappa shape index (κ2) is 12.6. The lowest BCUT2D eigenvalue weighted by molar-refractivity contribution is -0.206. The Labute approximate surface area is 207 Å². The standard InChI is InChI=1S/C25H24F8O4/c1-2-3-4-5-6-14-12-34-24(35-13-14)15-7-8-17(18(26)9-15)25(32,33)37-16-10-19(27)21(20(28)11-16)36-23(31)22(29)30/h7-11,14,24H,2-6,12-13H2,1H3. The fourth-order valence-corrected chi connectivity index (χ4v) is 3.70. The van der Waals surface area contributed by atoms with Crippen LogP contribution in [0.3, 0.4) is 0 Å². The molecule has 0 radical (unpaired) electrons. The summed E-state index contributed by atoms with van der Waals surface area (Å²) < 4.78 is 128. The third-order valence-corrected chi connectivity index (χ3v) is 5.57. The minimum atomic E-state index is -4.40. The maximum Gasteiger partial charge on any atom is 0.429 e. The molecule has 3 rings (SSSR count). The molecule has 0 bridgehead atoms. The fraction of sp³-hybridized carbons (Fsp3) is 0.440. The van der Waals surface area contributed by atoms with Crippen LogP contribution in [0.15, 0.2) is 42.4 Å². The molecule has 2 aromatic rings. The average Bonchev–Trinajstić information content (AvgIpc) is 2.83. The van der Waals surface area contributed by atoms with E-state index in [4.69, 9.17) is 9.47 Å². The van der Waals surface area contributed by atoms with Crippen molar-refractivity contribution in [3.05, 3.63) is 71.0 Å². The summed E-state index contributed by atoms with van der Waals surface area (Å²) in [6.45, 7) is 2.85. The molecule has 204 valence electrons.